The minimum Gasteiger partial charge on any atom is -0.352 e. The number of aromatic nitrogens is 3. The SMILES string of the molecule is Cc1c(C(=O)NCCCCc2ccccc2)cnc2c(-c3ccc(C(C)C)cc3)cnn12. The molecule has 1 amide bonds. The van der Waals surface area contributed by atoms with Crippen LogP contribution in [0, 0.1) is 6.92 Å². The number of amides is 1. The fourth-order valence-electron chi connectivity index (χ4n) is 3.91. The van der Waals surface area contributed by atoms with Crippen LogP contribution in [0.4, 0.5) is 0 Å². The van der Waals surface area contributed by atoms with Crippen molar-refractivity contribution in [3.63, 3.8) is 0 Å². The second-order valence-corrected chi connectivity index (χ2v) is 8.53. The highest BCUT2D eigenvalue weighted by Gasteiger charge is 2.16. The Morgan fingerprint density at radius 1 is 1.00 bits per heavy atom. The van der Waals surface area contributed by atoms with Gasteiger partial charge in [0.1, 0.15) is 0 Å². The predicted octanol–water partition coefficient (Wildman–Crippen LogP) is 5.58. The van der Waals surface area contributed by atoms with Crippen molar-refractivity contribution in [2.24, 2.45) is 0 Å². The number of rotatable bonds is 8. The molecule has 4 rings (SSSR count). The number of aryl methyl sites for hydroxylation is 2. The summed E-state index contributed by atoms with van der Waals surface area (Å²) in [6.45, 7) is 6.93. The molecule has 0 aliphatic rings. The zero-order chi connectivity index (χ0) is 22.5. The van der Waals surface area contributed by atoms with E-state index in [0.29, 0.717) is 18.0 Å². The van der Waals surface area contributed by atoms with Gasteiger partial charge in [0.2, 0.25) is 0 Å². The van der Waals surface area contributed by atoms with Gasteiger partial charge < -0.3 is 5.32 Å². The summed E-state index contributed by atoms with van der Waals surface area (Å²) in [5, 5.41) is 7.54. The van der Waals surface area contributed by atoms with Crippen molar-refractivity contribution in [3.05, 3.63) is 89.4 Å². The van der Waals surface area contributed by atoms with E-state index in [-0.39, 0.29) is 5.91 Å². The number of hydrogen-bond acceptors (Lipinski definition) is 3. The largest absolute Gasteiger partial charge is 0.352 e. The van der Waals surface area contributed by atoms with Crippen LogP contribution in [0.3, 0.4) is 0 Å². The van der Waals surface area contributed by atoms with Gasteiger partial charge in [-0.15, -0.1) is 0 Å². The number of nitrogens with zero attached hydrogens (tertiary/aromatic N) is 3. The summed E-state index contributed by atoms with van der Waals surface area (Å²) in [4.78, 5) is 17.3. The van der Waals surface area contributed by atoms with E-state index < -0.39 is 0 Å². The van der Waals surface area contributed by atoms with Crippen molar-refractivity contribution < 1.29 is 4.79 Å². The highest BCUT2D eigenvalue weighted by Crippen LogP contribution is 2.26. The second-order valence-electron chi connectivity index (χ2n) is 8.53. The molecule has 0 aliphatic heterocycles. The summed E-state index contributed by atoms with van der Waals surface area (Å²) in [5.74, 6) is 0.391. The van der Waals surface area contributed by atoms with Gasteiger partial charge in [0.15, 0.2) is 5.65 Å². The van der Waals surface area contributed by atoms with Crippen LogP contribution in [-0.2, 0) is 6.42 Å². The van der Waals surface area contributed by atoms with Crippen LogP contribution in [-0.4, -0.2) is 27.0 Å². The number of carbonyl (C=O) groups is 1. The van der Waals surface area contributed by atoms with E-state index in [2.05, 4.69) is 77.8 Å². The maximum Gasteiger partial charge on any atom is 0.254 e. The number of nitrogens with one attached hydrogen (secondary N) is 1. The van der Waals surface area contributed by atoms with Crippen LogP contribution in [0.15, 0.2) is 67.0 Å². The van der Waals surface area contributed by atoms with E-state index in [9.17, 15) is 4.79 Å². The first-order valence-electron chi connectivity index (χ1n) is 11.3. The molecule has 1 N–H and O–H groups in total. The molecule has 2 aromatic heterocycles. The lowest BCUT2D eigenvalue weighted by atomic mass is 10.00. The quantitative estimate of drug-likeness (QED) is 0.374. The summed E-state index contributed by atoms with van der Waals surface area (Å²) < 4.78 is 1.76. The second kappa shape index (κ2) is 9.77. The molecular formula is C27H30N4O. The highest BCUT2D eigenvalue weighted by molar-refractivity contribution is 5.95. The molecule has 0 fully saturated rings. The molecule has 0 radical (unpaired) electrons. The molecule has 32 heavy (non-hydrogen) atoms. The van der Waals surface area contributed by atoms with E-state index in [1.54, 1.807) is 10.7 Å². The van der Waals surface area contributed by atoms with E-state index >= 15 is 0 Å². The number of unbranched alkanes of at least 4 members (excludes halogenated alkanes) is 1. The van der Waals surface area contributed by atoms with Gasteiger partial charge in [0.25, 0.3) is 5.91 Å². The Morgan fingerprint density at radius 3 is 2.47 bits per heavy atom. The lowest BCUT2D eigenvalue weighted by Crippen LogP contribution is -2.26. The van der Waals surface area contributed by atoms with E-state index in [0.717, 1.165) is 41.7 Å². The average molecular weight is 427 g/mol. The van der Waals surface area contributed by atoms with Crippen LogP contribution < -0.4 is 5.32 Å². The monoisotopic (exact) mass is 426 g/mol. The zero-order valence-corrected chi connectivity index (χ0v) is 19.0. The van der Waals surface area contributed by atoms with Gasteiger partial charge in [-0.2, -0.15) is 5.10 Å². The molecule has 0 aliphatic carbocycles. The van der Waals surface area contributed by atoms with Gasteiger partial charge in [-0.3, -0.25) is 4.79 Å². The van der Waals surface area contributed by atoms with Crippen molar-refractivity contribution in [3.8, 4) is 11.1 Å². The smallest absolute Gasteiger partial charge is 0.254 e. The molecule has 0 saturated heterocycles. The first-order valence-corrected chi connectivity index (χ1v) is 11.3. The van der Waals surface area contributed by atoms with Gasteiger partial charge in [-0.25, -0.2) is 9.50 Å². The third-order valence-corrected chi connectivity index (χ3v) is 5.92. The first-order chi connectivity index (χ1) is 15.5. The van der Waals surface area contributed by atoms with Gasteiger partial charge in [0.05, 0.1) is 17.5 Å². The Balaban J connectivity index is 1.41. The third-order valence-electron chi connectivity index (χ3n) is 5.92. The Labute approximate surface area is 189 Å². The summed E-state index contributed by atoms with van der Waals surface area (Å²) in [5.41, 5.74) is 6.80. The Morgan fingerprint density at radius 2 is 1.75 bits per heavy atom. The van der Waals surface area contributed by atoms with E-state index in [4.69, 9.17) is 0 Å². The zero-order valence-electron chi connectivity index (χ0n) is 19.0. The summed E-state index contributed by atoms with van der Waals surface area (Å²) in [7, 11) is 0. The van der Waals surface area contributed by atoms with E-state index in [1.165, 1.54) is 11.1 Å². The van der Waals surface area contributed by atoms with Crippen molar-refractivity contribution in [1.82, 2.24) is 19.9 Å². The predicted molar refractivity (Wildman–Crippen MR) is 129 cm³/mol. The molecule has 4 aromatic rings. The van der Waals surface area contributed by atoms with Crippen LogP contribution in [0.25, 0.3) is 16.8 Å². The fourth-order valence-corrected chi connectivity index (χ4v) is 3.91. The lowest BCUT2D eigenvalue weighted by molar-refractivity contribution is 0.0951. The van der Waals surface area contributed by atoms with Gasteiger partial charge in [0, 0.05) is 18.3 Å². The molecular weight excluding hydrogens is 396 g/mol. The topological polar surface area (TPSA) is 59.3 Å². The maximum atomic E-state index is 12.7. The molecule has 5 nitrogen and oxygen atoms in total. The van der Waals surface area contributed by atoms with Crippen molar-refractivity contribution in [1.29, 1.82) is 0 Å². The molecule has 164 valence electrons. The number of hydrogen-bond donors (Lipinski definition) is 1. The standard InChI is InChI=1S/C27H30N4O/c1-19(2)22-12-14-23(15-13-22)25-18-30-31-20(3)24(17-29-26(25)31)27(32)28-16-8-7-11-21-9-5-4-6-10-21/h4-6,9-10,12-15,17-19H,7-8,11,16H2,1-3H3,(H,28,32). The van der Waals surface area contributed by atoms with Crippen LogP contribution in [0.1, 0.15) is 59.8 Å². The summed E-state index contributed by atoms with van der Waals surface area (Å²) >= 11 is 0. The molecule has 0 atom stereocenters. The molecule has 2 aromatic carbocycles. The number of fused-ring (bicyclic) bond motifs is 1. The fraction of sp³-hybridized carbons (Fsp3) is 0.296. The average Bonchev–Trinajstić information content (AvgIpc) is 3.25. The summed E-state index contributed by atoms with van der Waals surface area (Å²) in [6, 6.07) is 18.9. The number of benzene rings is 2. The molecule has 0 saturated carbocycles. The summed E-state index contributed by atoms with van der Waals surface area (Å²) in [6.07, 6.45) is 6.49. The van der Waals surface area contributed by atoms with Gasteiger partial charge in [-0.1, -0.05) is 68.4 Å². The van der Waals surface area contributed by atoms with Crippen molar-refractivity contribution in [2.75, 3.05) is 6.54 Å². The third kappa shape index (κ3) is 4.72. The normalized spacial score (nSPS) is 11.2. The van der Waals surface area contributed by atoms with Crippen LogP contribution >= 0.6 is 0 Å². The molecule has 0 bridgehead atoms. The molecule has 0 unspecified atom stereocenters. The molecule has 2 heterocycles. The van der Waals surface area contributed by atoms with E-state index in [1.807, 2.05) is 19.2 Å². The minimum atomic E-state index is -0.102. The maximum absolute atomic E-state index is 12.7. The highest BCUT2D eigenvalue weighted by atomic mass is 16.1. The Kier molecular flexibility index (Phi) is 6.64. The minimum absolute atomic E-state index is 0.102. The Hall–Kier alpha value is -3.47. The van der Waals surface area contributed by atoms with Crippen molar-refractivity contribution >= 4 is 11.6 Å². The Bertz CT molecular complexity index is 1190. The number of carbonyl (C=O) groups excluding carboxylic acids is 1. The van der Waals surface area contributed by atoms with Crippen LogP contribution in [0.2, 0.25) is 0 Å². The molecule has 0 spiro atoms. The molecule has 5 heteroatoms. The van der Waals surface area contributed by atoms with Gasteiger partial charge in [-0.05, 0) is 48.8 Å². The lowest BCUT2D eigenvalue weighted by Gasteiger charge is -2.09. The van der Waals surface area contributed by atoms with Gasteiger partial charge >= 0.3 is 0 Å². The van der Waals surface area contributed by atoms with Crippen LogP contribution in [0.5, 0.6) is 0 Å². The van der Waals surface area contributed by atoms with Crippen molar-refractivity contribution in [2.45, 2.75) is 46.0 Å². The first kappa shape index (κ1) is 21.8.